The fraction of sp³-hybridized carbons (Fsp3) is 0.550. The second-order valence-corrected chi connectivity index (χ2v) is 7.50. The molecule has 0 aliphatic carbocycles. The molecular formula is C20H28N2O3. The zero-order valence-electron chi connectivity index (χ0n) is 15.6. The lowest BCUT2D eigenvalue weighted by atomic mass is 10.1. The van der Waals surface area contributed by atoms with Gasteiger partial charge in [-0.3, -0.25) is 19.3 Å². The molecular weight excluding hydrogens is 316 g/mol. The highest BCUT2D eigenvalue weighted by molar-refractivity contribution is 6.21. The summed E-state index contributed by atoms with van der Waals surface area (Å²) in [6.07, 6.45) is 0.851. The van der Waals surface area contributed by atoms with Crippen molar-refractivity contribution in [1.82, 2.24) is 9.80 Å². The third-order valence-electron chi connectivity index (χ3n) is 4.17. The van der Waals surface area contributed by atoms with Crippen molar-refractivity contribution in [1.29, 1.82) is 0 Å². The third-order valence-corrected chi connectivity index (χ3v) is 4.17. The summed E-state index contributed by atoms with van der Waals surface area (Å²) < 4.78 is 0. The molecule has 0 radical (unpaired) electrons. The molecule has 0 spiro atoms. The van der Waals surface area contributed by atoms with Gasteiger partial charge in [-0.05, 0) is 30.4 Å². The van der Waals surface area contributed by atoms with Gasteiger partial charge in [0.2, 0.25) is 5.91 Å². The number of benzene rings is 1. The van der Waals surface area contributed by atoms with Gasteiger partial charge in [-0.1, -0.05) is 39.8 Å². The molecule has 25 heavy (non-hydrogen) atoms. The van der Waals surface area contributed by atoms with E-state index in [1.807, 2.05) is 4.90 Å². The van der Waals surface area contributed by atoms with Crippen LogP contribution in [0.4, 0.5) is 0 Å². The van der Waals surface area contributed by atoms with E-state index in [0.29, 0.717) is 35.8 Å². The van der Waals surface area contributed by atoms with Gasteiger partial charge in [-0.2, -0.15) is 0 Å². The summed E-state index contributed by atoms with van der Waals surface area (Å²) in [6.45, 7) is 10.2. The standard InChI is InChI=1S/C20H28N2O3/c1-14(2)12-21(13-15(3)4)18(23)10-7-11-22-19(24)16-8-5-6-9-17(16)20(22)25/h5-6,8-9,14-15H,7,10-13H2,1-4H3. The summed E-state index contributed by atoms with van der Waals surface area (Å²) >= 11 is 0. The molecule has 3 amide bonds. The average molecular weight is 344 g/mol. The van der Waals surface area contributed by atoms with E-state index in [1.54, 1.807) is 24.3 Å². The fourth-order valence-corrected chi connectivity index (χ4v) is 3.15. The number of carbonyl (C=O) groups is 3. The molecule has 0 saturated heterocycles. The van der Waals surface area contributed by atoms with Crippen LogP contribution in [0.5, 0.6) is 0 Å². The molecule has 1 aliphatic rings. The van der Waals surface area contributed by atoms with Crippen molar-refractivity contribution in [2.75, 3.05) is 19.6 Å². The lowest BCUT2D eigenvalue weighted by molar-refractivity contribution is -0.132. The van der Waals surface area contributed by atoms with Crippen molar-refractivity contribution in [3.05, 3.63) is 35.4 Å². The molecule has 5 heteroatoms. The van der Waals surface area contributed by atoms with Crippen molar-refractivity contribution in [3.63, 3.8) is 0 Å². The van der Waals surface area contributed by atoms with E-state index >= 15 is 0 Å². The van der Waals surface area contributed by atoms with E-state index in [4.69, 9.17) is 0 Å². The van der Waals surface area contributed by atoms with Crippen LogP contribution in [-0.4, -0.2) is 47.2 Å². The molecule has 0 unspecified atom stereocenters. The van der Waals surface area contributed by atoms with Crippen LogP contribution in [0.3, 0.4) is 0 Å². The normalized spacial score (nSPS) is 13.8. The summed E-state index contributed by atoms with van der Waals surface area (Å²) in [6, 6.07) is 6.86. The molecule has 136 valence electrons. The topological polar surface area (TPSA) is 57.7 Å². The van der Waals surface area contributed by atoms with E-state index in [2.05, 4.69) is 27.7 Å². The van der Waals surface area contributed by atoms with Gasteiger partial charge in [0.15, 0.2) is 0 Å². The molecule has 0 N–H and O–H groups in total. The molecule has 1 aliphatic heterocycles. The highest BCUT2D eigenvalue weighted by Crippen LogP contribution is 2.22. The van der Waals surface area contributed by atoms with Crippen molar-refractivity contribution in [3.8, 4) is 0 Å². The van der Waals surface area contributed by atoms with E-state index in [9.17, 15) is 14.4 Å². The van der Waals surface area contributed by atoms with Crippen LogP contribution in [0.25, 0.3) is 0 Å². The molecule has 0 bridgehead atoms. The van der Waals surface area contributed by atoms with Gasteiger partial charge in [0, 0.05) is 26.1 Å². The molecule has 1 aromatic carbocycles. The summed E-state index contributed by atoms with van der Waals surface area (Å²) in [5.74, 6) is 0.417. The zero-order chi connectivity index (χ0) is 18.6. The molecule has 5 nitrogen and oxygen atoms in total. The minimum absolute atomic E-state index is 0.0963. The smallest absolute Gasteiger partial charge is 0.261 e. The number of carbonyl (C=O) groups excluding carboxylic acids is 3. The van der Waals surface area contributed by atoms with Gasteiger partial charge >= 0.3 is 0 Å². The lowest BCUT2D eigenvalue weighted by Crippen LogP contribution is -2.37. The van der Waals surface area contributed by atoms with Crippen molar-refractivity contribution in [2.24, 2.45) is 11.8 Å². The SMILES string of the molecule is CC(C)CN(CC(C)C)C(=O)CCCN1C(=O)c2ccccc2C1=O. The van der Waals surface area contributed by atoms with E-state index in [0.717, 1.165) is 13.1 Å². The number of hydrogen-bond donors (Lipinski definition) is 0. The predicted molar refractivity (Wildman–Crippen MR) is 97.3 cm³/mol. The van der Waals surface area contributed by atoms with E-state index in [1.165, 1.54) is 4.90 Å². The molecule has 1 heterocycles. The van der Waals surface area contributed by atoms with Gasteiger partial charge in [0.05, 0.1) is 11.1 Å². The zero-order valence-corrected chi connectivity index (χ0v) is 15.6. The first-order chi connectivity index (χ1) is 11.8. The van der Waals surface area contributed by atoms with Crippen LogP contribution in [0.2, 0.25) is 0 Å². The van der Waals surface area contributed by atoms with Gasteiger partial charge < -0.3 is 4.90 Å². The Hall–Kier alpha value is -2.17. The first-order valence-corrected chi connectivity index (χ1v) is 9.04. The Morgan fingerprint density at radius 1 is 0.960 bits per heavy atom. The van der Waals surface area contributed by atoms with Gasteiger partial charge in [0.25, 0.3) is 11.8 Å². The summed E-state index contributed by atoms with van der Waals surface area (Å²) in [4.78, 5) is 40.3. The number of fused-ring (bicyclic) bond motifs is 1. The molecule has 0 aromatic heterocycles. The number of rotatable bonds is 8. The number of nitrogens with zero attached hydrogens (tertiary/aromatic N) is 2. The maximum Gasteiger partial charge on any atom is 0.261 e. The first-order valence-electron chi connectivity index (χ1n) is 9.04. The molecule has 2 rings (SSSR count). The van der Waals surface area contributed by atoms with Gasteiger partial charge in [-0.15, -0.1) is 0 Å². The van der Waals surface area contributed by atoms with Crippen LogP contribution < -0.4 is 0 Å². The Kier molecular flexibility index (Phi) is 6.34. The van der Waals surface area contributed by atoms with Gasteiger partial charge in [0.1, 0.15) is 0 Å². The molecule has 1 aromatic rings. The van der Waals surface area contributed by atoms with E-state index in [-0.39, 0.29) is 24.3 Å². The summed E-state index contributed by atoms with van der Waals surface area (Å²) in [5.41, 5.74) is 0.917. The third kappa shape index (κ3) is 4.68. The first kappa shape index (κ1) is 19.2. The van der Waals surface area contributed by atoms with Crippen molar-refractivity contribution < 1.29 is 14.4 Å². The quantitative estimate of drug-likeness (QED) is 0.681. The van der Waals surface area contributed by atoms with Crippen LogP contribution in [0, 0.1) is 11.8 Å². The number of hydrogen-bond acceptors (Lipinski definition) is 3. The second kappa shape index (κ2) is 8.28. The highest BCUT2D eigenvalue weighted by Gasteiger charge is 2.34. The van der Waals surface area contributed by atoms with Crippen LogP contribution in [0.1, 0.15) is 61.3 Å². The fourth-order valence-electron chi connectivity index (χ4n) is 3.15. The monoisotopic (exact) mass is 344 g/mol. The minimum Gasteiger partial charge on any atom is -0.342 e. The maximum atomic E-state index is 12.5. The minimum atomic E-state index is -0.255. The lowest BCUT2D eigenvalue weighted by Gasteiger charge is -2.26. The van der Waals surface area contributed by atoms with Crippen molar-refractivity contribution in [2.45, 2.75) is 40.5 Å². The predicted octanol–water partition coefficient (Wildman–Crippen LogP) is 3.20. The highest BCUT2D eigenvalue weighted by atomic mass is 16.2. The Bertz CT molecular complexity index is 607. The summed E-state index contributed by atoms with van der Waals surface area (Å²) in [7, 11) is 0. The molecule has 0 fully saturated rings. The van der Waals surface area contributed by atoms with E-state index < -0.39 is 0 Å². The van der Waals surface area contributed by atoms with Crippen LogP contribution >= 0.6 is 0 Å². The maximum absolute atomic E-state index is 12.5. The molecule has 0 atom stereocenters. The Balaban J connectivity index is 1.90. The Labute approximate surface area is 150 Å². The van der Waals surface area contributed by atoms with Gasteiger partial charge in [-0.25, -0.2) is 0 Å². The van der Waals surface area contributed by atoms with Crippen LogP contribution in [-0.2, 0) is 4.79 Å². The Morgan fingerprint density at radius 2 is 1.44 bits per heavy atom. The Morgan fingerprint density at radius 3 is 1.88 bits per heavy atom. The second-order valence-electron chi connectivity index (χ2n) is 7.50. The van der Waals surface area contributed by atoms with Crippen LogP contribution in [0.15, 0.2) is 24.3 Å². The average Bonchev–Trinajstić information content (AvgIpc) is 2.78. The van der Waals surface area contributed by atoms with Crippen molar-refractivity contribution >= 4 is 17.7 Å². The summed E-state index contributed by atoms with van der Waals surface area (Å²) in [5, 5.41) is 0. The number of amides is 3. The number of imide groups is 1. The largest absolute Gasteiger partial charge is 0.342 e. The molecule has 0 saturated carbocycles.